The summed E-state index contributed by atoms with van der Waals surface area (Å²) in [6, 6.07) is 0. The Bertz CT molecular complexity index is 229. The summed E-state index contributed by atoms with van der Waals surface area (Å²) in [5, 5.41) is 0. The molecule has 1 heterocycles. The van der Waals surface area contributed by atoms with Gasteiger partial charge in [-0.25, -0.2) is 0 Å². The van der Waals surface area contributed by atoms with Crippen LogP contribution in [0.3, 0.4) is 0 Å². The highest BCUT2D eigenvalue weighted by Gasteiger charge is 2.49. The van der Waals surface area contributed by atoms with Gasteiger partial charge in [0.05, 0.1) is 6.42 Å². The van der Waals surface area contributed by atoms with E-state index in [0.717, 1.165) is 25.7 Å². The fourth-order valence-electron chi connectivity index (χ4n) is 2.92. The maximum Gasteiger partial charge on any atom is 0.306 e. The minimum atomic E-state index is -0.121. The van der Waals surface area contributed by atoms with Crippen molar-refractivity contribution < 1.29 is 9.53 Å². The third kappa shape index (κ3) is 1.77. The topological polar surface area (TPSA) is 26.3 Å². The van der Waals surface area contributed by atoms with Gasteiger partial charge in [0.15, 0.2) is 0 Å². The monoisotopic (exact) mass is 216 g/mol. The number of hydrogen-bond donors (Lipinski definition) is 0. The minimum absolute atomic E-state index is 0.00599. The molecule has 1 saturated heterocycles. The molecule has 0 radical (unpaired) electrons. The van der Waals surface area contributed by atoms with E-state index in [4.69, 9.17) is 16.3 Å². The zero-order chi connectivity index (χ0) is 10.0. The third-order valence-electron chi connectivity index (χ3n) is 3.61. The molecule has 2 rings (SSSR count). The molecule has 0 aromatic rings. The first-order valence-corrected chi connectivity index (χ1v) is 6.08. The molecule has 0 aromatic carbocycles. The third-order valence-corrected chi connectivity index (χ3v) is 3.88. The Balaban J connectivity index is 2.06. The molecule has 2 aliphatic rings. The summed E-state index contributed by atoms with van der Waals surface area (Å²) in [7, 11) is 0. The van der Waals surface area contributed by atoms with Gasteiger partial charge in [0.1, 0.15) is 5.60 Å². The number of hydrogen-bond acceptors (Lipinski definition) is 2. The summed E-state index contributed by atoms with van der Waals surface area (Å²) in [6.07, 6.45) is 7.24. The van der Waals surface area contributed by atoms with Crippen LogP contribution in [0.4, 0.5) is 0 Å². The quantitative estimate of drug-likeness (QED) is 0.536. The summed E-state index contributed by atoms with van der Waals surface area (Å²) in [4.78, 5) is 11.3. The van der Waals surface area contributed by atoms with E-state index in [2.05, 4.69) is 0 Å². The number of fused-ring (bicyclic) bond motifs is 1. The predicted molar refractivity (Wildman–Crippen MR) is 55.4 cm³/mol. The Morgan fingerprint density at radius 1 is 1.50 bits per heavy atom. The van der Waals surface area contributed by atoms with Crippen molar-refractivity contribution in [1.29, 1.82) is 0 Å². The molecular formula is C11H17ClO2. The second-order valence-corrected chi connectivity index (χ2v) is 4.86. The summed E-state index contributed by atoms with van der Waals surface area (Å²) >= 11 is 5.70. The molecule has 1 aliphatic carbocycles. The Morgan fingerprint density at radius 3 is 3.14 bits per heavy atom. The Labute approximate surface area is 90.0 Å². The average Bonchev–Trinajstić information content (AvgIpc) is 2.51. The summed E-state index contributed by atoms with van der Waals surface area (Å²) in [6.45, 7) is 0. The van der Waals surface area contributed by atoms with E-state index >= 15 is 0 Å². The Hall–Kier alpha value is -0.240. The Kier molecular flexibility index (Phi) is 3.01. The molecule has 2 atom stereocenters. The van der Waals surface area contributed by atoms with Crippen LogP contribution in [0.2, 0.25) is 0 Å². The van der Waals surface area contributed by atoms with Gasteiger partial charge >= 0.3 is 5.97 Å². The molecule has 0 spiro atoms. The fraction of sp³-hybridized carbons (Fsp3) is 0.909. The Morgan fingerprint density at radius 2 is 2.36 bits per heavy atom. The molecule has 14 heavy (non-hydrogen) atoms. The highest BCUT2D eigenvalue weighted by atomic mass is 35.5. The van der Waals surface area contributed by atoms with Crippen LogP contribution < -0.4 is 0 Å². The predicted octanol–water partition coefficient (Wildman–Crippen LogP) is 2.88. The molecule has 0 unspecified atom stereocenters. The standard InChI is InChI=1S/C11H17ClO2/c12-7-3-6-11-5-2-1-4-9(11)8-10(13)14-11/h9H,1-8H2/t9-,11+/m0/s1. The molecular weight excluding hydrogens is 200 g/mol. The molecule has 80 valence electrons. The van der Waals surface area contributed by atoms with Crippen molar-refractivity contribution in [2.75, 3.05) is 5.88 Å². The molecule has 1 aliphatic heterocycles. The SMILES string of the molecule is O=C1C[C@@H]2CCCC[C@]2(CCCCl)O1. The maximum absolute atomic E-state index is 11.3. The largest absolute Gasteiger partial charge is 0.459 e. The smallest absolute Gasteiger partial charge is 0.306 e. The van der Waals surface area contributed by atoms with Crippen molar-refractivity contribution in [1.82, 2.24) is 0 Å². The van der Waals surface area contributed by atoms with Gasteiger partial charge in [-0.15, -0.1) is 11.6 Å². The number of halogens is 1. The van der Waals surface area contributed by atoms with E-state index in [0.29, 0.717) is 18.2 Å². The van der Waals surface area contributed by atoms with Gasteiger partial charge in [-0.2, -0.15) is 0 Å². The molecule has 0 bridgehead atoms. The van der Waals surface area contributed by atoms with Crippen molar-refractivity contribution in [2.45, 2.75) is 50.5 Å². The van der Waals surface area contributed by atoms with E-state index in [-0.39, 0.29) is 11.6 Å². The van der Waals surface area contributed by atoms with Crippen molar-refractivity contribution in [3.05, 3.63) is 0 Å². The lowest BCUT2D eigenvalue weighted by Crippen LogP contribution is -2.38. The number of alkyl halides is 1. The number of rotatable bonds is 3. The van der Waals surface area contributed by atoms with Crippen molar-refractivity contribution in [3.63, 3.8) is 0 Å². The first-order chi connectivity index (χ1) is 6.77. The highest BCUT2D eigenvalue weighted by molar-refractivity contribution is 6.17. The van der Waals surface area contributed by atoms with Gasteiger partial charge in [-0.1, -0.05) is 6.42 Å². The van der Waals surface area contributed by atoms with E-state index in [1.807, 2.05) is 0 Å². The molecule has 1 saturated carbocycles. The van der Waals surface area contributed by atoms with Crippen LogP contribution in [0, 0.1) is 5.92 Å². The number of ether oxygens (including phenoxy) is 1. The van der Waals surface area contributed by atoms with Crippen molar-refractivity contribution >= 4 is 17.6 Å². The molecule has 2 fully saturated rings. The highest BCUT2D eigenvalue weighted by Crippen LogP contribution is 2.46. The summed E-state index contributed by atoms with van der Waals surface area (Å²) in [5.41, 5.74) is -0.121. The molecule has 2 nitrogen and oxygen atoms in total. The molecule has 0 amide bonds. The van der Waals surface area contributed by atoms with Crippen LogP contribution in [0.15, 0.2) is 0 Å². The van der Waals surface area contributed by atoms with E-state index < -0.39 is 0 Å². The van der Waals surface area contributed by atoms with Gasteiger partial charge in [0.2, 0.25) is 0 Å². The van der Waals surface area contributed by atoms with Crippen LogP contribution in [-0.2, 0) is 9.53 Å². The number of carbonyl (C=O) groups excluding carboxylic acids is 1. The van der Waals surface area contributed by atoms with Crippen LogP contribution >= 0.6 is 11.6 Å². The number of carbonyl (C=O) groups is 1. The zero-order valence-corrected chi connectivity index (χ0v) is 9.18. The van der Waals surface area contributed by atoms with Gasteiger partial charge < -0.3 is 4.74 Å². The lowest BCUT2D eigenvalue weighted by molar-refractivity contribution is -0.152. The lowest BCUT2D eigenvalue weighted by atomic mass is 9.73. The van der Waals surface area contributed by atoms with E-state index in [1.165, 1.54) is 12.8 Å². The van der Waals surface area contributed by atoms with Crippen molar-refractivity contribution in [3.8, 4) is 0 Å². The molecule has 3 heteroatoms. The van der Waals surface area contributed by atoms with Crippen molar-refractivity contribution in [2.24, 2.45) is 5.92 Å². The first kappa shape index (κ1) is 10.3. The van der Waals surface area contributed by atoms with Gasteiger partial charge in [-0.3, -0.25) is 4.79 Å². The minimum Gasteiger partial charge on any atom is -0.459 e. The van der Waals surface area contributed by atoms with Crippen LogP contribution in [0.25, 0.3) is 0 Å². The van der Waals surface area contributed by atoms with Crippen LogP contribution in [0.1, 0.15) is 44.9 Å². The van der Waals surface area contributed by atoms with Gasteiger partial charge in [0.25, 0.3) is 0 Å². The zero-order valence-electron chi connectivity index (χ0n) is 8.43. The van der Waals surface area contributed by atoms with Crippen LogP contribution in [-0.4, -0.2) is 17.5 Å². The maximum atomic E-state index is 11.3. The molecule has 0 N–H and O–H groups in total. The fourth-order valence-corrected chi connectivity index (χ4v) is 3.05. The number of esters is 1. The first-order valence-electron chi connectivity index (χ1n) is 5.55. The summed E-state index contributed by atoms with van der Waals surface area (Å²) in [5.74, 6) is 1.16. The second-order valence-electron chi connectivity index (χ2n) is 4.48. The van der Waals surface area contributed by atoms with E-state index in [1.54, 1.807) is 0 Å². The normalized spacial score (nSPS) is 36.6. The lowest BCUT2D eigenvalue weighted by Gasteiger charge is -2.37. The van der Waals surface area contributed by atoms with Gasteiger partial charge in [-0.05, 0) is 32.1 Å². The summed E-state index contributed by atoms with van der Waals surface area (Å²) < 4.78 is 5.56. The van der Waals surface area contributed by atoms with Gasteiger partial charge in [0, 0.05) is 11.8 Å². The van der Waals surface area contributed by atoms with E-state index in [9.17, 15) is 4.79 Å². The average molecular weight is 217 g/mol. The molecule has 0 aromatic heterocycles. The second kappa shape index (κ2) is 4.09. The van der Waals surface area contributed by atoms with Crippen LogP contribution in [0.5, 0.6) is 0 Å².